The van der Waals surface area contributed by atoms with E-state index in [2.05, 4.69) is 21.2 Å². The molecule has 0 atom stereocenters. The molecule has 1 amide bonds. The quantitative estimate of drug-likeness (QED) is 0.301. The fourth-order valence-electron chi connectivity index (χ4n) is 2.80. The maximum Gasteiger partial charge on any atom is 0.266 e. The molecule has 0 aliphatic heterocycles. The summed E-state index contributed by atoms with van der Waals surface area (Å²) in [6, 6.07) is 20.5. The number of hydrogen-bond acceptors (Lipinski definition) is 3. The van der Waals surface area contributed by atoms with Crippen LogP contribution < -0.4 is 10.1 Å². The Hall–Kier alpha value is -3.07. The molecule has 0 aliphatic rings. The predicted molar refractivity (Wildman–Crippen MR) is 128 cm³/mol. The summed E-state index contributed by atoms with van der Waals surface area (Å²) >= 11 is 9.75. The minimum absolute atomic E-state index is 0.0159. The first-order valence-electron chi connectivity index (χ1n) is 9.53. The molecule has 3 aromatic carbocycles. The third-order valence-corrected chi connectivity index (χ3v) is 5.53. The Morgan fingerprint density at radius 1 is 1.10 bits per heavy atom. The highest BCUT2D eigenvalue weighted by Gasteiger charge is 2.11. The molecule has 6 heteroatoms. The first kappa shape index (κ1) is 22.6. The highest BCUT2D eigenvalue weighted by atomic mass is 79.9. The summed E-state index contributed by atoms with van der Waals surface area (Å²) in [5, 5.41) is 12.6. The van der Waals surface area contributed by atoms with Crippen LogP contribution in [0.3, 0.4) is 0 Å². The zero-order valence-electron chi connectivity index (χ0n) is 17.1. The Labute approximate surface area is 195 Å². The summed E-state index contributed by atoms with van der Waals surface area (Å²) in [6.45, 7) is 4.34. The molecular weight excluding hydrogens is 476 g/mol. The summed E-state index contributed by atoms with van der Waals surface area (Å²) in [4.78, 5) is 12.5. The van der Waals surface area contributed by atoms with E-state index in [0.717, 1.165) is 21.2 Å². The summed E-state index contributed by atoms with van der Waals surface area (Å²) in [5.41, 5.74) is 4.46. The summed E-state index contributed by atoms with van der Waals surface area (Å²) in [7, 11) is 0. The largest absolute Gasteiger partial charge is 0.487 e. The number of nitrogens with zero attached hydrogens (tertiary/aromatic N) is 1. The fourth-order valence-corrected chi connectivity index (χ4v) is 3.31. The molecule has 0 fully saturated rings. The minimum Gasteiger partial charge on any atom is -0.487 e. The molecule has 3 rings (SSSR count). The predicted octanol–water partition coefficient (Wildman–Crippen LogP) is 6.84. The van der Waals surface area contributed by atoms with Crippen molar-refractivity contribution in [1.29, 1.82) is 5.26 Å². The van der Waals surface area contributed by atoms with Gasteiger partial charge in [0.2, 0.25) is 0 Å². The number of anilines is 1. The topological polar surface area (TPSA) is 62.1 Å². The third-order valence-electron chi connectivity index (χ3n) is 4.70. The molecule has 0 saturated heterocycles. The average Bonchev–Trinajstić information content (AvgIpc) is 2.75. The van der Waals surface area contributed by atoms with Gasteiger partial charge in [-0.15, -0.1) is 0 Å². The molecule has 0 spiro atoms. The van der Waals surface area contributed by atoms with Gasteiger partial charge in [0.25, 0.3) is 5.91 Å². The van der Waals surface area contributed by atoms with Crippen molar-refractivity contribution in [2.75, 3.05) is 5.32 Å². The first-order chi connectivity index (χ1) is 14.9. The molecule has 1 N–H and O–H groups in total. The van der Waals surface area contributed by atoms with Gasteiger partial charge in [-0.1, -0.05) is 51.8 Å². The minimum atomic E-state index is -0.475. The van der Waals surface area contributed by atoms with Crippen LogP contribution in [0.25, 0.3) is 6.08 Å². The zero-order valence-corrected chi connectivity index (χ0v) is 19.4. The maximum atomic E-state index is 12.5. The second-order valence-corrected chi connectivity index (χ2v) is 8.35. The van der Waals surface area contributed by atoms with E-state index in [1.165, 1.54) is 6.08 Å². The standard InChI is InChI=1S/C25H20BrClN2O2/c1-16-3-9-22(11-17(16)2)29-25(30)20(14-28)12-19-6-10-24(23(27)13-19)31-15-18-4-7-21(26)8-5-18/h3-13H,15H2,1-2H3,(H,29,30)/b20-12+. The molecule has 0 aliphatic carbocycles. The van der Waals surface area contributed by atoms with Gasteiger partial charge in [-0.3, -0.25) is 4.79 Å². The molecule has 0 radical (unpaired) electrons. The van der Waals surface area contributed by atoms with Crippen LogP contribution in [0.1, 0.15) is 22.3 Å². The molecule has 4 nitrogen and oxygen atoms in total. The maximum absolute atomic E-state index is 12.5. The molecule has 0 saturated carbocycles. The number of hydrogen-bond donors (Lipinski definition) is 1. The number of nitriles is 1. The number of benzene rings is 3. The Kier molecular flexibility index (Phi) is 7.51. The van der Waals surface area contributed by atoms with E-state index in [4.69, 9.17) is 16.3 Å². The van der Waals surface area contributed by atoms with Gasteiger partial charge < -0.3 is 10.1 Å². The normalized spacial score (nSPS) is 11.0. The van der Waals surface area contributed by atoms with Gasteiger partial charge in [0.15, 0.2) is 0 Å². The molecule has 156 valence electrons. The lowest BCUT2D eigenvalue weighted by molar-refractivity contribution is -0.112. The number of halogens is 2. The second-order valence-electron chi connectivity index (χ2n) is 7.03. The van der Waals surface area contributed by atoms with E-state index >= 15 is 0 Å². The molecule has 0 aromatic heterocycles. The lowest BCUT2D eigenvalue weighted by atomic mass is 10.1. The van der Waals surface area contributed by atoms with Crippen molar-refractivity contribution in [2.24, 2.45) is 0 Å². The number of ether oxygens (including phenoxy) is 1. The average molecular weight is 496 g/mol. The van der Waals surface area contributed by atoms with Gasteiger partial charge in [-0.25, -0.2) is 0 Å². The first-order valence-corrected chi connectivity index (χ1v) is 10.7. The molecule has 3 aromatic rings. The number of carbonyl (C=O) groups excluding carboxylic acids is 1. The Balaban J connectivity index is 1.70. The van der Waals surface area contributed by atoms with Crippen molar-refractivity contribution < 1.29 is 9.53 Å². The van der Waals surface area contributed by atoms with Gasteiger partial charge in [0, 0.05) is 10.2 Å². The smallest absolute Gasteiger partial charge is 0.266 e. The van der Waals surface area contributed by atoms with Crippen LogP contribution in [-0.4, -0.2) is 5.91 Å². The Morgan fingerprint density at radius 2 is 1.84 bits per heavy atom. The molecular formula is C25H20BrClN2O2. The fraction of sp³-hybridized carbons (Fsp3) is 0.120. The van der Waals surface area contributed by atoms with Crippen LogP contribution in [-0.2, 0) is 11.4 Å². The highest BCUT2D eigenvalue weighted by Crippen LogP contribution is 2.27. The third kappa shape index (κ3) is 6.21. The van der Waals surface area contributed by atoms with E-state index in [1.807, 2.05) is 62.4 Å². The Bertz CT molecular complexity index is 1180. The van der Waals surface area contributed by atoms with Crippen molar-refractivity contribution >= 4 is 45.2 Å². The molecule has 0 heterocycles. The van der Waals surface area contributed by atoms with E-state index in [1.54, 1.807) is 18.2 Å². The summed E-state index contributed by atoms with van der Waals surface area (Å²) < 4.78 is 6.78. The monoisotopic (exact) mass is 494 g/mol. The van der Waals surface area contributed by atoms with Crippen molar-refractivity contribution in [3.63, 3.8) is 0 Å². The van der Waals surface area contributed by atoms with E-state index < -0.39 is 5.91 Å². The van der Waals surface area contributed by atoms with Crippen molar-refractivity contribution in [1.82, 2.24) is 0 Å². The van der Waals surface area contributed by atoms with Crippen LogP contribution in [0, 0.1) is 25.2 Å². The van der Waals surface area contributed by atoms with Gasteiger partial charge in [0.1, 0.15) is 24.0 Å². The Morgan fingerprint density at radius 3 is 2.48 bits per heavy atom. The number of aryl methyl sites for hydroxylation is 2. The van der Waals surface area contributed by atoms with E-state index in [9.17, 15) is 10.1 Å². The van der Waals surface area contributed by atoms with Crippen molar-refractivity contribution in [2.45, 2.75) is 20.5 Å². The van der Waals surface area contributed by atoms with Crippen LogP contribution in [0.4, 0.5) is 5.69 Å². The molecule has 0 unspecified atom stereocenters. The SMILES string of the molecule is Cc1ccc(NC(=O)/C(C#N)=C/c2ccc(OCc3ccc(Br)cc3)c(Cl)c2)cc1C. The number of carbonyl (C=O) groups is 1. The van der Waals surface area contributed by atoms with Crippen LogP contribution >= 0.6 is 27.5 Å². The molecule has 31 heavy (non-hydrogen) atoms. The van der Waals surface area contributed by atoms with Crippen LogP contribution in [0.5, 0.6) is 5.75 Å². The van der Waals surface area contributed by atoms with Gasteiger partial charge in [-0.05, 0) is 78.6 Å². The lowest BCUT2D eigenvalue weighted by Crippen LogP contribution is -2.13. The van der Waals surface area contributed by atoms with Crippen molar-refractivity contribution in [3.05, 3.63) is 98.0 Å². The highest BCUT2D eigenvalue weighted by molar-refractivity contribution is 9.10. The van der Waals surface area contributed by atoms with Crippen LogP contribution in [0.2, 0.25) is 5.02 Å². The van der Waals surface area contributed by atoms with Gasteiger partial charge in [0.05, 0.1) is 5.02 Å². The van der Waals surface area contributed by atoms with E-state index in [0.29, 0.717) is 28.6 Å². The van der Waals surface area contributed by atoms with Crippen LogP contribution in [0.15, 0.2) is 70.7 Å². The van der Waals surface area contributed by atoms with Crippen molar-refractivity contribution in [3.8, 4) is 11.8 Å². The molecule has 0 bridgehead atoms. The zero-order chi connectivity index (χ0) is 22.4. The van der Waals surface area contributed by atoms with Gasteiger partial charge >= 0.3 is 0 Å². The second kappa shape index (κ2) is 10.3. The van der Waals surface area contributed by atoms with E-state index in [-0.39, 0.29) is 5.57 Å². The van der Waals surface area contributed by atoms with Gasteiger partial charge in [-0.2, -0.15) is 5.26 Å². The number of amides is 1. The number of nitrogens with one attached hydrogen (secondary N) is 1. The lowest BCUT2D eigenvalue weighted by Gasteiger charge is -2.09. The number of rotatable bonds is 6. The summed E-state index contributed by atoms with van der Waals surface area (Å²) in [6.07, 6.45) is 1.50. The summed E-state index contributed by atoms with van der Waals surface area (Å²) in [5.74, 6) is 0.0530.